The summed E-state index contributed by atoms with van der Waals surface area (Å²) in [5, 5.41) is 1.02. The summed E-state index contributed by atoms with van der Waals surface area (Å²) in [5.74, 6) is -0.321. The van der Waals surface area contributed by atoms with E-state index < -0.39 is 11.1 Å². The minimum Gasteiger partial charge on any atom is -0.295 e. The van der Waals surface area contributed by atoms with Crippen LogP contribution in [0.2, 0.25) is 10.0 Å². The maximum Gasteiger partial charge on any atom is 0.225 e. The van der Waals surface area contributed by atoms with Crippen molar-refractivity contribution in [3.63, 3.8) is 0 Å². The Morgan fingerprint density at radius 3 is 1.28 bits per heavy atom. The Morgan fingerprint density at radius 2 is 0.944 bits per heavy atom. The van der Waals surface area contributed by atoms with Crippen LogP contribution in [0.4, 0.5) is 11.4 Å². The number of halogens is 2. The molecule has 36 heavy (non-hydrogen) atoms. The van der Waals surface area contributed by atoms with Crippen molar-refractivity contribution < 1.29 is 9.59 Å². The molecule has 4 aromatic carbocycles. The molecule has 4 aromatic rings. The van der Waals surface area contributed by atoms with Crippen LogP contribution in [-0.2, 0) is 20.7 Å². The number of fused-ring (bicyclic) bond motifs is 5. The van der Waals surface area contributed by atoms with E-state index >= 15 is 0 Å². The van der Waals surface area contributed by atoms with Gasteiger partial charge in [-0.1, -0.05) is 96.0 Å². The van der Waals surface area contributed by atoms with Crippen LogP contribution in [0, 0.1) is 0 Å². The van der Waals surface area contributed by atoms with Gasteiger partial charge in [0.05, 0.1) is 11.4 Å². The molecule has 0 N–H and O–H groups in total. The van der Waals surface area contributed by atoms with Crippen LogP contribution in [0.1, 0.15) is 36.1 Å². The second-order valence-corrected chi connectivity index (χ2v) is 10.1. The summed E-state index contributed by atoms with van der Waals surface area (Å²) in [5.41, 5.74) is 2.52. The molecule has 2 aliphatic rings. The van der Waals surface area contributed by atoms with Crippen LogP contribution >= 0.6 is 23.2 Å². The Balaban J connectivity index is 1.93. The van der Waals surface area contributed by atoms with Crippen molar-refractivity contribution in [2.75, 3.05) is 9.80 Å². The van der Waals surface area contributed by atoms with Gasteiger partial charge in [-0.05, 0) is 35.4 Å². The van der Waals surface area contributed by atoms with E-state index in [1.54, 1.807) is 13.8 Å². The molecule has 2 unspecified atom stereocenters. The molecule has 6 heteroatoms. The lowest BCUT2D eigenvalue weighted by Gasteiger charge is -2.49. The van der Waals surface area contributed by atoms with Crippen LogP contribution in [0.15, 0.2) is 97.1 Å². The number of carbonyl (C=O) groups is 2. The summed E-state index contributed by atoms with van der Waals surface area (Å²) in [7, 11) is 0. The Labute approximate surface area is 219 Å². The molecule has 0 bridgehead atoms. The number of hydrogen-bond acceptors (Lipinski definition) is 2. The van der Waals surface area contributed by atoms with Gasteiger partial charge in [0.15, 0.2) is 0 Å². The van der Waals surface area contributed by atoms with Gasteiger partial charge in [-0.3, -0.25) is 19.4 Å². The number of hydrogen-bond donors (Lipinski definition) is 0. The lowest BCUT2D eigenvalue weighted by Crippen LogP contribution is -2.62. The fourth-order valence-corrected chi connectivity index (χ4v) is 6.80. The predicted octanol–water partition coefficient (Wildman–Crippen LogP) is 6.91. The van der Waals surface area contributed by atoms with Crippen molar-refractivity contribution >= 4 is 46.4 Å². The molecule has 0 aliphatic carbocycles. The quantitative estimate of drug-likeness (QED) is 0.292. The Morgan fingerprint density at radius 1 is 0.583 bits per heavy atom. The monoisotopic (exact) mass is 512 g/mol. The summed E-state index contributed by atoms with van der Waals surface area (Å²) in [6.07, 6.45) is 0. The number of carbonyl (C=O) groups excluding carboxylic acids is 2. The van der Waals surface area contributed by atoms with Crippen molar-refractivity contribution in [3.05, 3.63) is 129 Å². The molecule has 2 aliphatic heterocycles. The van der Waals surface area contributed by atoms with Crippen LogP contribution in [0.3, 0.4) is 0 Å². The zero-order valence-electron chi connectivity index (χ0n) is 19.7. The second kappa shape index (κ2) is 7.95. The topological polar surface area (TPSA) is 40.6 Å². The summed E-state index contributed by atoms with van der Waals surface area (Å²) >= 11 is 13.0. The maximum atomic E-state index is 13.7. The minimum absolute atomic E-state index is 0.161. The summed E-state index contributed by atoms with van der Waals surface area (Å²) in [4.78, 5) is 31.1. The van der Waals surface area contributed by atoms with Gasteiger partial charge in [0, 0.05) is 35.0 Å². The third kappa shape index (κ3) is 2.66. The smallest absolute Gasteiger partial charge is 0.225 e. The number of nitrogens with zero attached hydrogens (tertiary/aromatic N) is 2. The first-order chi connectivity index (χ1) is 17.3. The highest BCUT2D eigenvalue weighted by Crippen LogP contribution is 2.70. The molecule has 0 fully saturated rings. The normalized spacial score (nSPS) is 21.7. The van der Waals surface area contributed by atoms with Gasteiger partial charge in [0.25, 0.3) is 0 Å². The zero-order chi connectivity index (χ0) is 25.2. The van der Waals surface area contributed by atoms with E-state index in [1.165, 1.54) is 0 Å². The number of rotatable bonds is 2. The van der Waals surface area contributed by atoms with Gasteiger partial charge >= 0.3 is 0 Å². The maximum absolute atomic E-state index is 13.7. The molecule has 2 heterocycles. The molecule has 0 aromatic heterocycles. The van der Waals surface area contributed by atoms with Crippen LogP contribution in [0.5, 0.6) is 0 Å². The van der Waals surface area contributed by atoms with E-state index in [4.69, 9.17) is 23.2 Å². The van der Waals surface area contributed by atoms with Gasteiger partial charge in [-0.2, -0.15) is 0 Å². The van der Waals surface area contributed by atoms with E-state index in [0.717, 1.165) is 22.3 Å². The molecule has 0 saturated heterocycles. The van der Waals surface area contributed by atoms with E-state index in [2.05, 4.69) is 0 Å². The third-order valence-electron chi connectivity index (χ3n) is 7.39. The highest BCUT2D eigenvalue weighted by Gasteiger charge is 2.73. The molecule has 0 spiro atoms. The van der Waals surface area contributed by atoms with E-state index in [9.17, 15) is 9.59 Å². The van der Waals surface area contributed by atoms with Gasteiger partial charge in [-0.25, -0.2) is 0 Å². The molecule has 0 saturated carbocycles. The van der Waals surface area contributed by atoms with Gasteiger partial charge < -0.3 is 0 Å². The Hall–Kier alpha value is -3.60. The minimum atomic E-state index is -1.11. The SMILES string of the molecule is CC(=O)N1c2cc(Cl)ccc2C2(c3ccccc3)N(C(C)=O)c3cc(Cl)ccc3C12c1ccccc1. The number of benzene rings is 4. The molecule has 2 atom stereocenters. The lowest BCUT2D eigenvalue weighted by atomic mass is 9.65. The molecule has 178 valence electrons. The van der Waals surface area contributed by atoms with Gasteiger partial charge in [0.2, 0.25) is 11.8 Å². The molecule has 2 amide bonds. The first-order valence-corrected chi connectivity index (χ1v) is 12.4. The molecule has 4 nitrogen and oxygen atoms in total. The summed E-state index contributed by atoms with van der Waals surface area (Å²) in [6, 6.07) is 30.9. The zero-order valence-corrected chi connectivity index (χ0v) is 21.2. The van der Waals surface area contributed by atoms with Crippen LogP contribution in [-0.4, -0.2) is 11.8 Å². The molecule has 6 rings (SSSR count). The van der Waals surface area contributed by atoms with Crippen molar-refractivity contribution in [1.29, 1.82) is 0 Å². The standard InChI is InChI=1S/C30H22Cl2N2O2/c1-19(35)33-27-17-23(31)13-15-25(27)30(22-11-7-4-8-12-22)29(33,21-9-5-3-6-10-21)26-16-14-24(32)18-28(26)34(30)20(2)36/h3-18H,1-2H3. The summed E-state index contributed by atoms with van der Waals surface area (Å²) < 4.78 is 0. The second-order valence-electron chi connectivity index (χ2n) is 9.18. The molecular formula is C30H22Cl2N2O2. The third-order valence-corrected chi connectivity index (χ3v) is 7.86. The van der Waals surface area contributed by atoms with E-state index in [1.807, 2.05) is 107 Å². The largest absolute Gasteiger partial charge is 0.295 e. The average Bonchev–Trinajstić information content (AvgIpc) is 3.28. The summed E-state index contributed by atoms with van der Waals surface area (Å²) in [6.45, 7) is 3.12. The highest BCUT2D eigenvalue weighted by molar-refractivity contribution is 6.31. The van der Waals surface area contributed by atoms with E-state index in [0.29, 0.717) is 21.4 Å². The Bertz CT molecular complexity index is 1420. The Kier molecular flexibility index (Phi) is 5.05. The highest BCUT2D eigenvalue weighted by atomic mass is 35.5. The van der Waals surface area contributed by atoms with Crippen molar-refractivity contribution in [3.8, 4) is 0 Å². The molecule has 0 radical (unpaired) electrons. The predicted molar refractivity (Wildman–Crippen MR) is 144 cm³/mol. The van der Waals surface area contributed by atoms with Gasteiger partial charge in [-0.15, -0.1) is 0 Å². The van der Waals surface area contributed by atoms with Crippen molar-refractivity contribution in [1.82, 2.24) is 0 Å². The van der Waals surface area contributed by atoms with Crippen molar-refractivity contribution in [2.45, 2.75) is 24.9 Å². The first-order valence-electron chi connectivity index (χ1n) is 11.7. The fraction of sp³-hybridized carbons (Fsp3) is 0.133. The number of anilines is 2. The van der Waals surface area contributed by atoms with E-state index in [-0.39, 0.29) is 11.8 Å². The number of amides is 2. The van der Waals surface area contributed by atoms with Crippen LogP contribution in [0.25, 0.3) is 0 Å². The molecular weight excluding hydrogens is 491 g/mol. The van der Waals surface area contributed by atoms with Crippen LogP contribution < -0.4 is 9.80 Å². The fourth-order valence-electron chi connectivity index (χ4n) is 6.46. The lowest BCUT2D eigenvalue weighted by molar-refractivity contribution is -0.119. The van der Waals surface area contributed by atoms with Crippen molar-refractivity contribution in [2.24, 2.45) is 0 Å². The first kappa shape index (κ1) is 22.8. The average molecular weight is 513 g/mol. The van der Waals surface area contributed by atoms with Gasteiger partial charge in [0.1, 0.15) is 11.1 Å².